The highest BCUT2D eigenvalue weighted by atomic mass is 32.2. The van der Waals surface area contributed by atoms with Crippen molar-refractivity contribution in [3.8, 4) is 0 Å². The van der Waals surface area contributed by atoms with Gasteiger partial charge in [0, 0.05) is 29.8 Å². The van der Waals surface area contributed by atoms with Crippen molar-refractivity contribution in [2.45, 2.75) is 94.8 Å². The Morgan fingerprint density at radius 1 is 1.03 bits per heavy atom. The minimum atomic E-state index is -0.729. The molecule has 0 radical (unpaired) electrons. The number of ketones is 1. The second-order valence-corrected chi connectivity index (χ2v) is 9.84. The fourth-order valence-corrected chi connectivity index (χ4v) is 5.71. The van der Waals surface area contributed by atoms with Crippen molar-refractivity contribution in [3.63, 3.8) is 0 Å². The van der Waals surface area contributed by atoms with Gasteiger partial charge in [0.15, 0.2) is 0 Å². The van der Waals surface area contributed by atoms with Crippen LogP contribution in [0.2, 0.25) is 0 Å². The Kier molecular flexibility index (Phi) is 12.2. The molecule has 3 unspecified atom stereocenters. The van der Waals surface area contributed by atoms with Crippen molar-refractivity contribution >= 4 is 23.5 Å². The van der Waals surface area contributed by atoms with Crippen LogP contribution in [0.5, 0.6) is 0 Å². The van der Waals surface area contributed by atoms with E-state index in [1.54, 1.807) is 11.8 Å². The maximum absolute atomic E-state index is 12.2. The largest absolute Gasteiger partial charge is 0.481 e. The van der Waals surface area contributed by atoms with Gasteiger partial charge in [0.2, 0.25) is 0 Å². The highest BCUT2D eigenvalue weighted by molar-refractivity contribution is 8.00. The molecule has 30 heavy (non-hydrogen) atoms. The summed E-state index contributed by atoms with van der Waals surface area (Å²) in [7, 11) is 0. The van der Waals surface area contributed by atoms with Crippen LogP contribution in [0.25, 0.3) is 0 Å². The molecule has 1 saturated carbocycles. The summed E-state index contributed by atoms with van der Waals surface area (Å²) >= 11 is 1.79. The maximum atomic E-state index is 12.2. The van der Waals surface area contributed by atoms with Gasteiger partial charge in [-0.25, -0.2) is 0 Å². The van der Waals surface area contributed by atoms with Crippen molar-refractivity contribution in [3.05, 3.63) is 35.9 Å². The number of hydrogen-bond acceptors (Lipinski definition) is 4. The highest BCUT2D eigenvalue weighted by Gasteiger charge is 2.34. The minimum Gasteiger partial charge on any atom is -0.481 e. The normalized spacial score (nSPS) is 19.8. The van der Waals surface area contributed by atoms with E-state index in [2.05, 4.69) is 24.3 Å². The third-order valence-corrected chi connectivity index (χ3v) is 7.61. The Balaban J connectivity index is 1.54. The molecule has 0 aromatic heterocycles. The lowest BCUT2D eigenvalue weighted by Crippen LogP contribution is -2.20. The van der Waals surface area contributed by atoms with Gasteiger partial charge in [0.1, 0.15) is 5.78 Å². The van der Waals surface area contributed by atoms with Gasteiger partial charge in [0.25, 0.3) is 0 Å². The molecule has 2 rings (SSSR count). The van der Waals surface area contributed by atoms with E-state index in [1.165, 1.54) is 5.56 Å². The molecule has 1 aliphatic rings. The van der Waals surface area contributed by atoms with Gasteiger partial charge in [-0.05, 0) is 44.1 Å². The van der Waals surface area contributed by atoms with E-state index in [-0.39, 0.29) is 18.4 Å². The van der Waals surface area contributed by atoms with Gasteiger partial charge >= 0.3 is 5.97 Å². The molecule has 1 aromatic rings. The number of unbranched alkanes of at least 4 members (excludes halogenated alkanes) is 5. The van der Waals surface area contributed by atoms with Crippen molar-refractivity contribution < 1.29 is 19.8 Å². The predicted octanol–water partition coefficient (Wildman–Crippen LogP) is 5.66. The second kappa shape index (κ2) is 14.6. The molecule has 1 fully saturated rings. The van der Waals surface area contributed by atoms with Crippen LogP contribution in [0, 0.1) is 5.92 Å². The molecule has 0 amide bonds. The lowest BCUT2D eigenvalue weighted by atomic mass is 9.98. The van der Waals surface area contributed by atoms with E-state index >= 15 is 0 Å². The first-order valence-corrected chi connectivity index (χ1v) is 12.7. The van der Waals surface area contributed by atoms with Gasteiger partial charge in [-0.2, -0.15) is 11.8 Å². The summed E-state index contributed by atoms with van der Waals surface area (Å²) in [4.78, 5) is 22.8. The number of aliphatic hydroxyl groups excluding tert-OH is 1. The zero-order valence-corrected chi connectivity index (χ0v) is 19.0. The fraction of sp³-hybridized carbons (Fsp3) is 0.680. The Bertz CT molecular complexity index is 619. The first-order valence-electron chi connectivity index (χ1n) is 11.6. The predicted molar refractivity (Wildman–Crippen MR) is 124 cm³/mol. The summed E-state index contributed by atoms with van der Waals surface area (Å²) in [5.74, 6) is 0.513. The summed E-state index contributed by atoms with van der Waals surface area (Å²) in [6, 6.07) is 10.5. The van der Waals surface area contributed by atoms with Crippen molar-refractivity contribution in [1.82, 2.24) is 0 Å². The Hall–Kier alpha value is -1.33. The van der Waals surface area contributed by atoms with Gasteiger partial charge < -0.3 is 10.2 Å². The summed E-state index contributed by atoms with van der Waals surface area (Å²) in [6.45, 7) is 0. The molecule has 0 heterocycles. The van der Waals surface area contributed by atoms with Crippen LogP contribution in [0.4, 0.5) is 0 Å². The number of carboxylic acid groups (broad SMARTS) is 1. The number of aryl methyl sites for hydroxylation is 1. The summed E-state index contributed by atoms with van der Waals surface area (Å²) in [5.41, 5.74) is 1.38. The molecule has 1 aliphatic carbocycles. The van der Waals surface area contributed by atoms with Crippen LogP contribution in [-0.4, -0.2) is 39.1 Å². The molecular weight excluding hydrogens is 396 g/mol. The molecule has 0 bridgehead atoms. The first-order chi connectivity index (χ1) is 14.6. The lowest BCUT2D eigenvalue weighted by Gasteiger charge is -2.19. The number of Topliss-reactive ketones (excluding diaryl/α,β-unsaturated/α-hetero) is 1. The number of carboxylic acids is 1. The van der Waals surface area contributed by atoms with Crippen molar-refractivity contribution in [1.29, 1.82) is 0 Å². The van der Waals surface area contributed by atoms with E-state index in [1.807, 2.05) is 6.07 Å². The van der Waals surface area contributed by atoms with E-state index in [4.69, 9.17) is 5.11 Å². The molecule has 3 atom stereocenters. The van der Waals surface area contributed by atoms with Crippen LogP contribution in [-0.2, 0) is 16.0 Å². The molecule has 0 aliphatic heterocycles. The molecule has 2 N–H and O–H groups in total. The Morgan fingerprint density at radius 2 is 1.77 bits per heavy atom. The topological polar surface area (TPSA) is 74.6 Å². The first kappa shape index (κ1) is 24.9. The van der Waals surface area contributed by atoms with Gasteiger partial charge in [-0.1, -0.05) is 62.4 Å². The molecule has 0 saturated heterocycles. The highest BCUT2D eigenvalue weighted by Crippen LogP contribution is 2.36. The minimum absolute atomic E-state index is 0.132. The van der Waals surface area contributed by atoms with Crippen LogP contribution >= 0.6 is 11.8 Å². The standard InChI is InChI=1S/C25H38O4S/c26-21(14-8-4-7-13-20-11-5-3-6-12-20)19-30-24-18-17-23(27)22(24)15-9-1-2-10-16-25(28)29/h3,5-6,11-12,21-22,24,26H,1-2,4,7-10,13-19H2,(H,28,29). The van der Waals surface area contributed by atoms with Crippen molar-refractivity contribution in [2.24, 2.45) is 5.92 Å². The van der Waals surface area contributed by atoms with Crippen molar-refractivity contribution in [2.75, 3.05) is 5.75 Å². The van der Waals surface area contributed by atoms with E-state index < -0.39 is 5.97 Å². The number of rotatable bonds is 16. The SMILES string of the molecule is O=C(O)CCCCCCC1C(=O)CCC1SCC(O)CCCCCc1ccccc1. The van der Waals surface area contributed by atoms with Crippen LogP contribution < -0.4 is 0 Å². The third-order valence-electron chi connectivity index (χ3n) is 6.04. The van der Waals surface area contributed by atoms with Gasteiger partial charge in [-0.15, -0.1) is 0 Å². The number of carbonyl (C=O) groups is 2. The van der Waals surface area contributed by atoms with E-state index in [9.17, 15) is 14.7 Å². The van der Waals surface area contributed by atoms with E-state index in [0.29, 0.717) is 17.5 Å². The molecular formula is C25H38O4S. The number of thioether (sulfide) groups is 1. The monoisotopic (exact) mass is 434 g/mol. The fourth-order valence-electron chi connectivity index (χ4n) is 4.27. The molecule has 168 valence electrons. The smallest absolute Gasteiger partial charge is 0.303 e. The molecule has 0 spiro atoms. The number of hydrogen-bond donors (Lipinski definition) is 2. The summed E-state index contributed by atoms with van der Waals surface area (Å²) < 4.78 is 0. The Morgan fingerprint density at radius 3 is 2.53 bits per heavy atom. The van der Waals surface area contributed by atoms with Crippen LogP contribution in [0.15, 0.2) is 30.3 Å². The molecule has 1 aromatic carbocycles. The number of benzene rings is 1. The zero-order valence-electron chi connectivity index (χ0n) is 18.1. The molecule has 4 nitrogen and oxygen atoms in total. The van der Waals surface area contributed by atoms with Gasteiger partial charge in [-0.3, -0.25) is 9.59 Å². The third kappa shape index (κ3) is 10.1. The maximum Gasteiger partial charge on any atom is 0.303 e. The lowest BCUT2D eigenvalue weighted by molar-refractivity contribution is -0.137. The Labute approximate surface area is 185 Å². The average molecular weight is 435 g/mol. The second-order valence-electron chi connectivity index (χ2n) is 8.57. The number of carbonyl (C=O) groups excluding carboxylic acids is 1. The quantitative estimate of drug-likeness (QED) is 0.329. The average Bonchev–Trinajstić information content (AvgIpc) is 3.09. The zero-order chi connectivity index (χ0) is 21.6. The molecule has 5 heteroatoms. The van der Waals surface area contributed by atoms with Crippen LogP contribution in [0.3, 0.4) is 0 Å². The summed E-state index contributed by atoms with van der Waals surface area (Å²) in [6.07, 6.45) is 11.5. The summed E-state index contributed by atoms with van der Waals surface area (Å²) in [5, 5.41) is 19.4. The van der Waals surface area contributed by atoms with E-state index in [0.717, 1.165) is 76.4 Å². The number of aliphatic hydroxyl groups is 1. The number of aliphatic carboxylic acids is 1. The van der Waals surface area contributed by atoms with Crippen LogP contribution in [0.1, 0.15) is 82.6 Å². The van der Waals surface area contributed by atoms with Gasteiger partial charge in [0.05, 0.1) is 6.10 Å².